The molecule has 2 aromatic heterocycles. The van der Waals surface area contributed by atoms with Gasteiger partial charge in [0.05, 0.1) is 29.9 Å². The Kier molecular flexibility index (Phi) is 7.49. The van der Waals surface area contributed by atoms with Gasteiger partial charge in [-0.3, -0.25) is 0 Å². The number of nitrogens with one attached hydrogen (secondary N) is 1. The number of ether oxygens (including phenoxy) is 3. The van der Waals surface area contributed by atoms with Gasteiger partial charge in [-0.25, -0.2) is 13.6 Å². The average Bonchev–Trinajstić information content (AvgIpc) is 3.46. The number of hydrogen-bond acceptors (Lipinski definition) is 7. The van der Waals surface area contributed by atoms with Crippen LogP contribution >= 0.6 is 0 Å². The van der Waals surface area contributed by atoms with Crippen LogP contribution in [-0.4, -0.2) is 69.9 Å². The molecule has 4 aromatic rings. The Balaban J connectivity index is 1.36. The molecule has 1 saturated heterocycles. The first-order valence-electron chi connectivity index (χ1n) is 12.3. The number of hydrogen-bond donors (Lipinski definition) is 2. The predicted molar refractivity (Wildman–Crippen MR) is 146 cm³/mol. The number of halogens is 1. The highest BCUT2D eigenvalue weighted by molar-refractivity contribution is 7.92. The van der Waals surface area contributed by atoms with E-state index < -0.39 is 33.9 Å². The summed E-state index contributed by atoms with van der Waals surface area (Å²) in [5.74, 6) is -0.0301. The van der Waals surface area contributed by atoms with E-state index in [1.807, 2.05) is 55.5 Å². The van der Waals surface area contributed by atoms with Crippen molar-refractivity contribution < 1.29 is 27.9 Å². The third-order valence-corrected chi connectivity index (χ3v) is 6.89. The molecular formula is C28H30FN3O5S. The van der Waals surface area contributed by atoms with Crippen molar-refractivity contribution in [2.45, 2.75) is 25.2 Å². The molecule has 3 atom stereocenters. The van der Waals surface area contributed by atoms with Crippen LogP contribution in [0.2, 0.25) is 0 Å². The molecule has 2 aromatic carbocycles. The first kappa shape index (κ1) is 26.3. The Hall–Kier alpha value is -3.31. The molecule has 0 amide bonds. The number of pyridine rings is 1. The topological polar surface area (TPSA) is 106 Å². The van der Waals surface area contributed by atoms with Crippen molar-refractivity contribution >= 4 is 26.4 Å². The number of H-pyrrole nitrogens is 1. The molecule has 0 bridgehead atoms. The zero-order chi connectivity index (χ0) is 26.9. The highest BCUT2D eigenvalue weighted by Gasteiger charge is 2.39. The maximum atomic E-state index is 15.1. The van der Waals surface area contributed by atoms with Crippen LogP contribution in [-0.2, 0) is 19.2 Å². The number of fused-ring (bicyclic) bond motifs is 1. The Bertz CT molecular complexity index is 1540. The van der Waals surface area contributed by atoms with E-state index in [1.165, 1.54) is 6.07 Å². The van der Waals surface area contributed by atoms with E-state index in [2.05, 4.69) is 14.3 Å². The molecule has 200 valence electrons. The normalized spacial score (nSPS) is 19.7. The highest BCUT2D eigenvalue weighted by atomic mass is 32.2. The molecule has 1 aliphatic heterocycles. The molecule has 1 fully saturated rings. The SMILES string of the molecule is CCO[C@H]1[C@@H](CO)OC[C@H]1Oc1cc2nc(-c3ccc(-c4ccc(N=S(C)(C)=O)cc4)cc3)c(F)cc2[nH]1. The second kappa shape index (κ2) is 10.8. The van der Waals surface area contributed by atoms with Crippen LogP contribution in [0.3, 0.4) is 0 Å². The van der Waals surface area contributed by atoms with Gasteiger partial charge in [0, 0.05) is 46.5 Å². The molecule has 0 spiro atoms. The molecule has 0 saturated carbocycles. The molecule has 1 aliphatic rings. The Morgan fingerprint density at radius 2 is 1.76 bits per heavy atom. The number of aromatic amines is 1. The van der Waals surface area contributed by atoms with Crippen LogP contribution in [0.25, 0.3) is 33.4 Å². The van der Waals surface area contributed by atoms with Crippen LogP contribution in [0, 0.1) is 5.82 Å². The summed E-state index contributed by atoms with van der Waals surface area (Å²) in [7, 11) is -2.22. The van der Waals surface area contributed by atoms with E-state index >= 15 is 4.39 Å². The van der Waals surface area contributed by atoms with Crippen molar-refractivity contribution in [1.82, 2.24) is 9.97 Å². The monoisotopic (exact) mass is 539 g/mol. The minimum atomic E-state index is -2.22. The van der Waals surface area contributed by atoms with Crippen LogP contribution in [0.1, 0.15) is 6.92 Å². The van der Waals surface area contributed by atoms with E-state index in [4.69, 9.17) is 14.2 Å². The summed E-state index contributed by atoms with van der Waals surface area (Å²) in [6.07, 6.45) is 1.93. The fourth-order valence-electron chi connectivity index (χ4n) is 4.54. The van der Waals surface area contributed by atoms with Crippen LogP contribution in [0.15, 0.2) is 65.0 Å². The number of benzene rings is 2. The quantitative estimate of drug-likeness (QED) is 0.329. The van der Waals surface area contributed by atoms with Gasteiger partial charge in [-0.05, 0) is 30.2 Å². The third-order valence-electron chi connectivity index (χ3n) is 6.24. The van der Waals surface area contributed by atoms with E-state index in [0.29, 0.717) is 34.8 Å². The summed E-state index contributed by atoms with van der Waals surface area (Å²) in [6.45, 7) is 2.46. The first-order chi connectivity index (χ1) is 18.2. The van der Waals surface area contributed by atoms with Crippen molar-refractivity contribution in [2.75, 3.05) is 32.3 Å². The molecule has 38 heavy (non-hydrogen) atoms. The van der Waals surface area contributed by atoms with E-state index in [1.54, 1.807) is 18.6 Å². The van der Waals surface area contributed by atoms with Gasteiger partial charge in [0.1, 0.15) is 17.9 Å². The van der Waals surface area contributed by atoms with E-state index in [9.17, 15) is 9.32 Å². The molecule has 8 nitrogen and oxygen atoms in total. The van der Waals surface area contributed by atoms with Gasteiger partial charge in [-0.15, -0.1) is 0 Å². The molecule has 0 unspecified atom stereocenters. The maximum absolute atomic E-state index is 15.1. The van der Waals surface area contributed by atoms with Gasteiger partial charge < -0.3 is 24.3 Å². The van der Waals surface area contributed by atoms with Crippen LogP contribution < -0.4 is 4.74 Å². The molecule has 10 heteroatoms. The first-order valence-corrected chi connectivity index (χ1v) is 14.6. The molecule has 0 radical (unpaired) electrons. The summed E-state index contributed by atoms with van der Waals surface area (Å²) in [5.41, 5.74) is 4.54. The fraction of sp³-hybridized carbons (Fsp3) is 0.321. The van der Waals surface area contributed by atoms with E-state index in [0.717, 1.165) is 11.1 Å². The molecule has 2 N–H and O–H groups in total. The lowest BCUT2D eigenvalue weighted by Gasteiger charge is -2.21. The fourth-order valence-corrected chi connectivity index (χ4v) is 5.17. The Morgan fingerprint density at radius 1 is 1.11 bits per heavy atom. The number of aromatic nitrogens is 2. The van der Waals surface area contributed by atoms with Crippen molar-refractivity contribution in [3.8, 4) is 28.3 Å². The van der Waals surface area contributed by atoms with Crippen LogP contribution in [0.5, 0.6) is 5.88 Å². The second-order valence-corrected chi connectivity index (χ2v) is 12.0. The van der Waals surface area contributed by atoms with Gasteiger partial charge >= 0.3 is 0 Å². The summed E-state index contributed by atoms with van der Waals surface area (Å²) in [4.78, 5) is 7.61. The van der Waals surface area contributed by atoms with Crippen molar-refractivity contribution in [3.05, 3.63) is 66.5 Å². The lowest BCUT2D eigenvalue weighted by molar-refractivity contribution is -0.0449. The zero-order valence-electron chi connectivity index (χ0n) is 21.4. The van der Waals surface area contributed by atoms with E-state index in [-0.39, 0.29) is 18.9 Å². The Labute approximate surface area is 221 Å². The Morgan fingerprint density at radius 3 is 2.39 bits per heavy atom. The second-order valence-electron chi connectivity index (χ2n) is 9.41. The van der Waals surface area contributed by atoms with Crippen molar-refractivity contribution in [1.29, 1.82) is 0 Å². The lowest BCUT2D eigenvalue weighted by atomic mass is 10.0. The summed E-state index contributed by atoms with van der Waals surface area (Å²) >= 11 is 0. The van der Waals surface area contributed by atoms with Crippen molar-refractivity contribution in [2.24, 2.45) is 4.36 Å². The standard InChI is InChI=1S/C28H30FN3O5S/c1-4-35-28-24(15-33)36-16-25(28)37-26-14-23-22(30-26)13-21(29)27(31-23)19-7-5-17(6-8-19)18-9-11-20(12-10-18)32-38(2,3)34/h5-14,24-25,28,30,33H,4,15-16H2,1-3H3/t24-,25-,28+/m1/s1. The van der Waals surface area contributed by atoms with Gasteiger partial charge in [0.25, 0.3) is 0 Å². The molecule has 5 rings (SSSR count). The minimum Gasteiger partial charge on any atom is -0.470 e. The smallest absolute Gasteiger partial charge is 0.193 e. The summed E-state index contributed by atoms with van der Waals surface area (Å²) in [5, 5.41) is 9.53. The maximum Gasteiger partial charge on any atom is 0.193 e. The predicted octanol–water partition coefficient (Wildman–Crippen LogP) is 4.94. The largest absolute Gasteiger partial charge is 0.470 e. The van der Waals surface area contributed by atoms with Gasteiger partial charge in [0.2, 0.25) is 0 Å². The van der Waals surface area contributed by atoms with Gasteiger partial charge in [-0.2, -0.15) is 4.36 Å². The minimum absolute atomic E-state index is 0.159. The number of aliphatic hydroxyl groups excluding tert-OH is 1. The van der Waals surface area contributed by atoms with Gasteiger partial charge in [0.15, 0.2) is 17.8 Å². The average molecular weight is 540 g/mol. The van der Waals surface area contributed by atoms with Gasteiger partial charge in [-0.1, -0.05) is 36.4 Å². The number of rotatable bonds is 8. The highest BCUT2D eigenvalue weighted by Crippen LogP contribution is 2.31. The lowest BCUT2D eigenvalue weighted by Crippen LogP contribution is -2.38. The number of nitrogens with zero attached hydrogens (tertiary/aromatic N) is 2. The van der Waals surface area contributed by atoms with Crippen molar-refractivity contribution in [3.63, 3.8) is 0 Å². The summed E-state index contributed by atoms with van der Waals surface area (Å²) < 4.78 is 48.5. The number of aliphatic hydroxyl groups is 1. The zero-order valence-corrected chi connectivity index (χ0v) is 22.2. The summed E-state index contributed by atoms with van der Waals surface area (Å²) in [6, 6.07) is 18.1. The molecular weight excluding hydrogens is 509 g/mol. The third kappa shape index (κ3) is 5.73. The molecule has 0 aliphatic carbocycles. The van der Waals surface area contributed by atoms with Crippen LogP contribution in [0.4, 0.5) is 10.1 Å². The molecule has 3 heterocycles.